The average molecular weight is 473 g/mol. The van der Waals surface area contributed by atoms with Crippen molar-refractivity contribution in [2.24, 2.45) is 7.05 Å². The smallest absolute Gasteiger partial charge is 0.274 e. The number of ether oxygens (including phenoxy) is 1. The van der Waals surface area contributed by atoms with E-state index >= 15 is 0 Å². The van der Waals surface area contributed by atoms with Gasteiger partial charge in [0.2, 0.25) is 10.0 Å². The third-order valence-corrected chi connectivity index (χ3v) is 9.16. The summed E-state index contributed by atoms with van der Waals surface area (Å²) in [5, 5.41) is 4.48. The molecule has 1 amide bonds. The van der Waals surface area contributed by atoms with Crippen molar-refractivity contribution in [3.8, 4) is 0 Å². The predicted molar refractivity (Wildman–Crippen MR) is 123 cm³/mol. The number of hydrogen-bond acceptors (Lipinski definition) is 5. The van der Waals surface area contributed by atoms with Crippen molar-refractivity contribution >= 4 is 15.9 Å². The lowest BCUT2D eigenvalue weighted by molar-refractivity contribution is 0.0297. The lowest BCUT2D eigenvalue weighted by Gasteiger charge is -2.29. The van der Waals surface area contributed by atoms with Crippen LogP contribution in [0, 0.1) is 0 Å². The summed E-state index contributed by atoms with van der Waals surface area (Å²) >= 11 is 0. The SMILES string of the molecule is Cn1nc(C(=O)N2CCOCC2)c2c1CCN(S(=O)(=O)c1ccc(C3CCCCC3)cc1)C2. The first-order valence-corrected chi connectivity index (χ1v) is 13.4. The van der Waals surface area contributed by atoms with Crippen molar-refractivity contribution in [2.45, 2.75) is 55.9 Å². The van der Waals surface area contributed by atoms with Gasteiger partial charge in [0.15, 0.2) is 5.69 Å². The normalized spacial score (nSPS) is 20.6. The number of hydrogen-bond donors (Lipinski definition) is 0. The first-order chi connectivity index (χ1) is 15.9. The molecular formula is C24H32N4O4S. The van der Waals surface area contributed by atoms with Crippen LogP contribution in [0.3, 0.4) is 0 Å². The van der Waals surface area contributed by atoms with Crippen LogP contribution in [0.1, 0.15) is 65.3 Å². The minimum absolute atomic E-state index is 0.147. The van der Waals surface area contributed by atoms with Crippen LogP contribution in [0.2, 0.25) is 0 Å². The Bertz CT molecular complexity index is 1110. The topological polar surface area (TPSA) is 84.7 Å². The van der Waals surface area contributed by atoms with E-state index in [1.54, 1.807) is 21.7 Å². The highest BCUT2D eigenvalue weighted by atomic mass is 32.2. The quantitative estimate of drug-likeness (QED) is 0.683. The second-order valence-corrected chi connectivity index (χ2v) is 11.2. The van der Waals surface area contributed by atoms with Gasteiger partial charge in [0.25, 0.3) is 5.91 Å². The molecular weight excluding hydrogens is 440 g/mol. The van der Waals surface area contributed by atoms with Gasteiger partial charge in [-0.25, -0.2) is 8.42 Å². The predicted octanol–water partition coefficient (Wildman–Crippen LogP) is 2.69. The Morgan fingerprint density at radius 2 is 1.73 bits per heavy atom. The molecule has 1 aromatic carbocycles. The molecule has 3 heterocycles. The Kier molecular flexibility index (Phi) is 6.28. The van der Waals surface area contributed by atoms with Crippen LogP contribution >= 0.6 is 0 Å². The van der Waals surface area contributed by atoms with Crippen LogP contribution in [0.4, 0.5) is 0 Å². The monoisotopic (exact) mass is 472 g/mol. The molecule has 178 valence electrons. The molecule has 0 N–H and O–H groups in total. The number of aromatic nitrogens is 2. The molecule has 2 fully saturated rings. The van der Waals surface area contributed by atoms with Crippen molar-refractivity contribution in [1.82, 2.24) is 19.0 Å². The molecule has 1 aliphatic carbocycles. The minimum Gasteiger partial charge on any atom is -0.378 e. The maximum absolute atomic E-state index is 13.5. The van der Waals surface area contributed by atoms with Crippen molar-refractivity contribution in [3.05, 3.63) is 46.8 Å². The molecule has 1 saturated carbocycles. The second-order valence-electron chi connectivity index (χ2n) is 9.29. The standard InChI is InChI=1S/C24H32N4O4S/c1-26-22-11-12-28(17-21(22)23(25-26)24(29)27-13-15-32-16-14-27)33(30,31)20-9-7-19(8-10-20)18-5-3-2-4-6-18/h7-10,18H,2-6,11-17H2,1H3. The summed E-state index contributed by atoms with van der Waals surface area (Å²) in [6.45, 7) is 2.63. The molecule has 0 atom stereocenters. The maximum Gasteiger partial charge on any atom is 0.274 e. The van der Waals surface area contributed by atoms with E-state index in [9.17, 15) is 13.2 Å². The van der Waals surface area contributed by atoms with E-state index in [0.717, 1.165) is 11.3 Å². The number of fused-ring (bicyclic) bond motifs is 1. The van der Waals surface area contributed by atoms with Crippen molar-refractivity contribution < 1.29 is 17.9 Å². The molecule has 0 unspecified atom stereocenters. The van der Waals surface area contributed by atoms with Crippen LogP contribution in [-0.4, -0.2) is 66.2 Å². The van der Waals surface area contributed by atoms with E-state index in [4.69, 9.17) is 4.74 Å². The molecule has 0 bridgehead atoms. The Morgan fingerprint density at radius 3 is 2.42 bits per heavy atom. The van der Waals surface area contributed by atoms with E-state index in [2.05, 4.69) is 5.10 Å². The fourth-order valence-corrected chi connectivity index (χ4v) is 6.77. The van der Waals surface area contributed by atoms with Crippen LogP contribution in [0.25, 0.3) is 0 Å². The van der Waals surface area contributed by atoms with E-state index in [0.29, 0.717) is 55.8 Å². The van der Waals surface area contributed by atoms with E-state index in [-0.39, 0.29) is 12.5 Å². The molecule has 2 aliphatic heterocycles. The van der Waals surface area contributed by atoms with Gasteiger partial charge in [-0.3, -0.25) is 9.48 Å². The molecule has 0 radical (unpaired) electrons. The van der Waals surface area contributed by atoms with E-state index in [1.165, 1.54) is 42.0 Å². The highest BCUT2D eigenvalue weighted by Gasteiger charge is 2.35. The van der Waals surface area contributed by atoms with Crippen LogP contribution < -0.4 is 0 Å². The highest BCUT2D eigenvalue weighted by Crippen LogP contribution is 2.34. The fourth-order valence-electron chi connectivity index (χ4n) is 5.36. The van der Waals surface area contributed by atoms with Gasteiger partial charge in [0.05, 0.1) is 18.1 Å². The van der Waals surface area contributed by atoms with Crippen LogP contribution in [0.5, 0.6) is 0 Å². The van der Waals surface area contributed by atoms with Crippen molar-refractivity contribution in [2.75, 3.05) is 32.8 Å². The molecule has 33 heavy (non-hydrogen) atoms. The van der Waals surface area contributed by atoms with Gasteiger partial charge in [-0.15, -0.1) is 0 Å². The Labute approximate surface area is 195 Å². The summed E-state index contributed by atoms with van der Waals surface area (Å²) in [7, 11) is -1.84. The summed E-state index contributed by atoms with van der Waals surface area (Å²) in [6, 6.07) is 7.46. The fraction of sp³-hybridized carbons (Fsp3) is 0.583. The lowest BCUT2D eigenvalue weighted by Crippen LogP contribution is -2.42. The number of carbonyl (C=O) groups is 1. The molecule has 1 aromatic heterocycles. The summed E-state index contributed by atoms with van der Waals surface area (Å²) in [4.78, 5) is 15.2. The van der Waals surface area contributed by atoms with Gasteiger partial charge in [0, 0.05) is 50.9 Å². The number of aryl methyl sites for hydroxylation is 1. The molecule has 1 saturated heterocycles. The van der Waals surface area contributed by atoms with Gasteiger partial charge < -0.3 is 9.64 Å². The summed E-state index contributed by atoms with van der Waals surface area (Å²) in [6.07, 6.45) is 6.69. The molecule has 0 spiro atoms. The summed E-state index contributed by atoms with van der Waals surface area (Å²) in [5.74, 6) is 0.392. The maximum atomic E-state index is 13.5. The Hall–Kier alpha value is -2.23. The molecule has 8 nitrogen and oxygen atoms in total. The van der Waals surface area contributed by atoms with Gasteiger partial charge >= 0.3 is 0 Å². The second kappa shape index (κ2) is 9.19. The summed E-state index contributed by atoms with van der Waals surface area (Å²) in [5.41, 5.74) is 3.26. The third-order valence-electron chi connectivity index (χ3n) is 7.30. The number of carbonyl (C=O) groups excluding carboxylic acids is 1. The van der Waals surface area contributed by atoms with Gasteiger partial charge in [-0.2, -0.15) is 9.40 Å². The largest absolute Gasteiger partial charge is 0.378 e. The lowest BCUT2D eigenvalue weighted by atomic mass is 9.84. The van der Waals surface area contributed by atoms with Crippen molar-refractivity contribution in [1.29, 1.82) is 0 Å². The molecule has 2 aromatic rings. The Balaban J connectivity index is 1.37. The number of amides is 1. The Morgan fingerprint density at radius 1 is 1.03 bits per heavy atom. The number of rotatable bonds is 4. The van der Waals surface area contributed by atoms with Crippen molar-refractivity contribution in [3.63, 3.8) is 0 Å². The minimum atomic E-state index is -3.66. The van der Waals surface area contributed by atoms with Crippen LogP contribution in [0.15, 0.2) is 29.2 Å². The third kappa shape index (κ3) is 4.34. The van der Waals surface area contributed by atoms with Crippen LogP contribution in [-0.2, 0) is 34.8 Å². The van der Waals surface area contributed by atoms with Gasteiger partial charge in [-0.05, 0) is 36.5 Å². The number of sulfonamides is 1. The number of benzene rings is 1. The molecule has 9 heteroatoms. The first-order valence-electron chi connectivity index (χ1n) is 12.0. The number of nitrogens with zero attached hydrogens (tertiary/aromatic N) is 4. The zero-order valence-corrected chi connectivity index (χ0v) is 20.0. The molecule has 5 rings (SSSR count). The summed E-state index contributed by atoms with van der Waals surface area (Å²) < 4.78 is 35.5. The average Bonchev–Trinajstić information content (AvgIpc) is 3.20. The molecule has 3 aliphatic rings. The number of morpholine rings is 1. The zero-order chi connectivity index (χ0) is 23.0. The first kappa shape index (κ1) is 22.6. The van der Waals surface area contributed by atoms with Gasteiger partial charge in [-0.1, -0.05) is 31.4 Å². The zero-order valence-electron chi connectivity index (χ0n) is 19.2. The van der Waals surface area contributed by atoms with E-state index < -0.39 is 10.0 Å². The van der Waals surface area contributed by atoms with Gasteiger partial charge in [0.1, 0.15) is 0 Å². The van der Waals surface area contributed by atoms with E-state index in [1.807, 2.05) is 19.2 Å². The highest BCUT2D eigenvalue weighted by molar-refractivity contribution is 7.89.